The summed E-state index contributed by atoms with van der Waals surface area (Å²) in [6.45, 7) is 5.46. The number of hydrogen-bond acceptors (Lipinski definition) is 4. The highest BCUT2D eigenvalue weighted by molar-refractivity contribution is 5.78. The molecule has 2 aliphatic heterocycles. The Morgan fingerprint density at radius 1 is 1.07 bits per heavy atom. The number of urea groups is 1. The van der Waals surface area contributed by atoms with Crippen LogP contribution in [-0.2, 0) is 16.0 Å². The van der Waals surface area contributed by atoms with Crippen molar-refractivity contribution in [2.75, 3.05) is 59.5 Å². The zero-order valence-electron chi connectivity index (χ0n) is 16.1. The van der Waals surface area contributed by atoms with Gasteiger partial charge >= 0.3 is 6.03 Å². The van der Waals surface area contributed by atoms with E-state index in [-0.39, 0.29) is 18.0 Å². The Kier molecular flexibility index (Phi) is 7.06. The molecule has 2 fully saturated rings. The van der Waals surface area contributed by atoms with Gasteiger partial charge in [-0.15, -0.1) is 0 Å². The Morgan fingerprint density at radius 2 is 1.81 bits per heavy atom. The summed E-state index contributed by atoms with van der Waals surface area (Å²) in [5, 5.41) is 2.89. The number of carbonyl (C=O) groups is 2. The molecule has 0 aliphatic carbocycles. The molecule has 0 radical (unpaired) electrons. The average Bonchev–Trinajstić information content (AvgIpc) is 2.69. The molecule has 27 heavy (non-hydrogen) atoms. The maximum atomic E-state index is 12.4. The van der Waals surface area contributed by atoms with Gasteiger partial charge in [-0.2, -0.15) is 0 Å². The van der Waals surface area contributed by atoms with Crippen molar-refractivity contribution in [2.24, 2.45) is 0 Å². The topological polar surface area (TPSA) is 65.1 Å². The number of ether oxygens (including phenoxy) is 1. The molecule has 1 N–H and O–H groups in total. The molecule has 0 aromatic heterocycles. The first-order valence-corrected chi connectivity index (χ1v) is 9.76. The van der Waals surface area contributed by atoms with Gasteiger partial charge in [-0.1, -0.05) is 30.3 Å². The summed E-state index contributed by atoms with van der Waals surface area (Å²) in [4.78, 5) is 30.6. The van der Waals surface area contributed by atoms with Gasteiger partial charge in [0.25, 0.3) is 0 Å². The fourth-order valence-electron chi connectivity index (χ4n) is 3.51. The van der Waals surface area contributed by atoms with Crippen LogP contribution in [0.25, 0.3) is 0 Å². The smallest absolute Gasteiger partial charge is 0.317 e. The van der Waals surface area contributed by atoms with E-state index in [2.05, 4.69) is 29.4 Å². The van der Waals surface area contributed by atoms with Crippen LogP contribution in [0.15, 0.2) is 30.3 Å². The number of hydrogen-bond donors (Lipinski definition) is 1. The van der Waals surface area contributed by atoms with E-state index in [0.717, 1.165) is 32.6 Å². The lowest BCUT2D eigenvalue weighted by Crippen LogP contribution is -2.51. The summed E-state index contributed by atoms with van der Waals surface area (Å²) in [5.74, 6) is 0.118. The normalized spacial score (nSPS) is 21.1. The molecule has 7 nitrogen and oxygen atoms in total. The summed E-state index contributed by atoms with van der Waals surface area (Å²) in [5.41, 5.74) is 1.21. The number of carbonyl (C=O) groups excluding carboxylic acids is 2. The highest BCUT2D eigenvalue weighted by atomic mass is 16.5. The number of likely N-dealkylation sites (N-methyl/N-ethyl adjacent to an activating group) is 1. The van der Waals surface area contributed by atoms with Gasteiger partial charge in [0.1, 0.15) is 0 Å². The van der Waals surface area contributed by atoms with Gasteiger partial charge in [0.05, 0.1) is 12.7 Å². The van der Waals surface area contributed by atoms with Crippen molar-refractivity contribution in [1.29, 1.82) is 0 Å². The lowest BCUT2D eigenvalue weighted by atomic mass is 10.1. The average molecular weight is 374 g/mol. The van der Waals surface area contributed by atoms with E-state index < -0.39 is 0 Å². The summed E-state index contributed by atoms with van der Waals surface area (Å²) >= 11 is 0. The fourth-order valence-corrected chi connectivity index (χ4v) is 3.51. The Labute approximate surface area is 161 Å². The van der Waals surface area contributed by atoms with E-state index in [1.54, 1.807) is 4.90 Å². The largest absolute Gasteiger partial charge is 0.374 e. The quantitative estimate of drug-likeness (QED) is 0.828. The van der Waals surface area contributed by atoms with E-state index in [4.69, 9.17) is 4.74 Å². The third-order valence-electron chi connectivity index (χ3n) is 5.20. The van der Waals surface area contributed by atoms with E-state index in [1.807, 2.05) is 23.1 Å². The molecule has 2 aliphatic rings. The molecular formula is C20H30N4O3. The standard InChI is InChI=1S/C20H30N4O3/c1-22-9-11-23(12-10-22)19(25)7-8-21-20(26)24-13-14-27-18(16-24)15-17-5-3-2-4-6-17/h2-6,18H,7-16H2,1H3,(H,21,26). The summed E-state index contributed by atoms with van der Waals surface area (Å²) in [6, 6.07) is 10.1. The lowest BCUT2D eigenvalue weighted by Gasteiger charge is -2.33. The van der Waals surface area contributed by atoms with E-state index in [9.17, 15) is 9.59 Å². The highest BCUT2D eigenvalue weighted by Crippen LogP contribution is 2.12. The van der Waals surface area contributed by atoms with Crippen molar-refractivity contribution in [2.45, 2.75) is 18.9 Å². The number of benzene rings is 1. The van der Waals surface area contributed by atoms with E-state index in [0.29, 0.717) is 32.7 Å². The van der Waals surface area contributed by atoms with Gasteiger partial charge < -0.3 is 24.8 Å². The first-order valence-electron chi connectivity index (χ1n) is 9.76. The molecule has 0 spiro atoms. The van der Waals surface area contributed by atoms with Gasteiger partial charge in [-0.25, -0.2) is 4.79 Å². The Hall–Kier alpha value is -2.12. The second kappa shape index (κ2) is 9.71. The molecule has 1 aromatic rings. The molecule has 2 heterocycles. The number of nitrogens with zero attached hydrogens (tertiary/aromatic N) is 3. The van der Waals surface area contributed by atoms with E-state index >= 15 is 0 Å². The van der Waals surface area contributed by atoms with Crippen LogP contribution in [0.5, 0.6) is 0 Å². The fraction of sp³-hybridized carbons (Fsp3) is 0.600. The molecule has 148 valence electrons. The SMILES string of the molecule is CN1CCN(C(=O)CCNC(=O)N2CCOC(Cc3ccccc3)C2)CC1. The maximum absolute atomic E-state index is 12.4. The van der Waals surface area contributed by atoms with Crippen LogP contribution in [-0.4, -0.2) is 92.2 Å². The molecule has 2 saturated heterocycles. The molecule has 1 unspecified atom stereocenters. The zero-order valence-corrected chi connectivity index (χ0v) is 16.1. The molecule has 1 aromatic carbocycles. The summed E-state index contributed by atoms with van der Waals surface area (Å²) in [6.07, 6.45) is 1.17. The van der Waals surface area contributed by atoms with Gasteiger partial charge in [0.15, 0.2) is 0 Å². The monoisotopic (exact) mass is 374 g/mol. The van der Waals surface area contributed by atoms with Crippen molar-refractivity contribution in [1.82, 2.24) is 20.0 Å². The molecule has 0 bridgehead atoms. The van der Waals surface area contributed by atoms with Gasteiger partial charge in [-0.05, 0) is 12.6 Å². The molecule has 0 saturated carbocycles. The van der Waals surface area contributed by atoms with Gasteiger partial charge in [0.2, 0.25) is 5.91 Å². The number of amides is 3. The Balaban J connectivity index is 1.38. The van der Waals surface area contributed by atoms with Crippen molar-refractivity contribution in [3.8, 4) is 0 Å². The molecule has 3 rings (SSSR count). The van der Waals surface area contributed by atoms with Crippen LogP contribution >= 0.6 is 0 Å². The molecular weight excluding hydrogens is 344 g/mol. The van der Waals surface area contributed by atoms with Crippen LogP contribution in [0.2, 0.25) is 0 Å². The van der Waals surface area contributed by atoms with Crippen LogP contribution in [0.3, 0.4) is 0 Å². The minimum Gasteiger partial charge on any atom is -0.374 e. The lowest BCUT2D eigenvalue weighted by molar-refractivity contribution is -0.132. The second-order valence-electron chi connectivity index (χ2n) is 7.29. The molecule has 7 heteroatoms. The van der Waals surface area contributed by atoms with Crippen LogP contribution in [0.1, 0.15) is 12.0 Å². The number of piperazine rings is 1. The predicted octanol–water partition coefficient (Wildman–Crippen LogP) is 0.804. The summed E-state index contributed by atoms with van der Waals surface area (Å²) in [7, 11) is 2.06. The van der Waals surface area contributed by atoms with Crippen molar-refractivity contribution >= 4 is 11.9 Å². The van der Waals surface area contributed by atoms with Crippen molar-refractivity contribution in [3.63, 3.8) is 0 Å². The minimum atomic E-state index is -0.109. The predicted molar refractivity (Wildman–Crippen MR) is 104 cm³/mol. The minimum absolute atomic E-state index is 0.0128. The second-order valence-corrected chi connectivity index (χ2v) is 7.29. The first kappa shape index (κ1) is 19.6. The maximum Gasteiger partial charge on any atom is 0.317 e. The molecule has 1 atom stereocenters. The third kappa shape index (κ3) is 5.94. The Bertz CT molecular complexity index is 617. The Morgan fingerprint density at radius 3 is 2.56 bits per heavy atom. The third-order valence-corrected chi connectivity index (χ3v) is 5.20. The summed E-state index contributed by atoms with van der Waals surface area (Å²) < 4.78 is 5.81. The van der Waals surface area contributed by atoms with Gasteiger partial charge in [0, 0.05) is 58.7 Å². The number of rotatable bonds is 5. The van der Waals surface area contributed by atoms with E-state index in [1.165, 1.54) is 5.56 Å². The first-order chi connectivity index (χ1) is 13.1. The molecule has 3 amide bonds. The van der Waals surface area contributed by atoms with Crippen LogP contribution < -0.4 is 5.32 Å². The van der Waals surface area contributed by atoms with Gasteiger partial charge in [-0.3, -0.25) is 4.79 Å². The highest BCUT2D eigenvalue weighted by Gasteiger charge is 2.25. The number of nitrogens with one attached hydrogen (secondary N) is 1. The zero-order chi connectivity index (χ0) is 19.1. The van der Waals surface area contributed by atoms with Crippen molar-refractivity contribution < 1.29 is 14.3 Å². The van der Waals surface area contributed by atoms with Crippen LogP contribution in [0, 0.1) is 0 Å². The van der Waals surface area contributed by atoms with Crippen LogP contribution in [0.4, 0.5) is 4.79 Å². The number of morpholine rings is 1. The van der Waals surface area contributed by atoms with Crippen molar-refractivity contribution in [3.05, 3.63) is 35.9 Å².